The average molecular weight is 270 g/mol. The summed E-state index contributed by atoms with van der Waals surface area (Å²) in [6.07, 6.45) is -4.08. The van der Waals surface area contributed by atoms with Crippen molar-refractivity contribution >= 4 is 0 Å². The third-order valence-electron chi connectivity index (χ3n) is 4.50. The molecule has 4 nitrogen and oxygen atoms in total. The third-order valence-corrected chi connectivity index (χ3v) is 4.50. The Morgan fingerprint density at radius 1 is 0.850 bits per heavy atom. The van der Waals surface area contributed by atoms with Gasteiger partial charge in [-0.25, -0.2) is 0 Å². The van der Waals surface area contributed by atoms with E-state index in [0.29, 0.717) is 16.7 Å². The van der Waals surface area contributed by atoms with Crippen molar-refractivity contribution in [3.63, 3.8) is 0 Å². The normalized spacial score (nSPS) is 33.7. The lowest BCUT2D eigenvalue weighted by Gasteiger charge is -2.41. The molecule has 102 valence electrons. The van der Waals surface area contributed by atoms with Crippen molar-refractivity contribution in [2.45, 2.75) is 23.9 Å². The summed E-state index contributed by atoms with van der Waals surface area (Å²) >= 11 is 0. The first-order valence-corrected chi connectivity index (χ1v) is 6.56. The number of hydrogen-bond donors (Lipinski definition) is 4. The Morgan fingerprint density at radius 3 is 2.35 bits per heavy atom. The van der Waals surface area contributed by atoms with Gasteiger partial charge in [0.05, 0.1) is 0 Å². The van der Waals surface area contributed by atoms with Gasteiger partial charge in [0.2, 0.25) is 0 Å². The first kappa shape index (κ1) is 12.1. The van der Waals surface area contributed by atoms with Crippen molar-refractivity contribution in [1.29, 1.82) is 0 Å². The minimum atomic E-state index is -1.67. The van der Waals surface area contributed by atoms with Crippen molar-refractivity contribution in [3.8, 4) is 11.1 Å². The van der Waals surface area contributed by atoms with Gasteiger partial charge in [-0.2, -0.15) is 0 Å². The smallest absolute Gasteiger partial charge is 0.145 e. The van der Waals surface area contributed by atoms with Gasteiger partial charge >= 0.3 is 0 Å². The van der Waals surface area contributed by atoms with Gasteiger partial charge in [-0.1, -0.05) is 42.5 Å². The van der Waals surface area contributed by atoms with Gasteiger partial charge in [-0.05, 0) is 22.3 Å². The molecule has 20 heavy (non-hydrogen) atoms. The lowest BCUT2D eigenvalue weighted by molar-refractivity contribution is -0.152. The van der Waals surface area contributed by atoms with E-state index in [2.05, 4.69) is 0 Å². The zero-order valence-electron chi connectivity index (χ0n) is 10.6. The molecule has 0 radical (unpaired) electrons. The fourth-order valence-electron chi connectivity index (χ4n) is 3.56. The molecule has 0 aliphatic heterocycles. The molecule has 4 atom stereocenters. The van der Waals surface area contributed by atoms with Crippen LogP contribution in [0.25, 0.3) is 11.1 Å². The van der Waals surface area contributed by atoms with Gasteiger partial charge in [0, 0.05) is 5.56 Å². The molecule has 0 bridgehead atoms. The highest BCUT2D eigenvalue weighted by molar-refractivity contribution is 5.82. The maximum Gasteiger partial charge on any atom is 0.145 e. The number of aliphatic hydroxyl groups excluding tert-OH is 3. The average Bonchev–Trinajstić information content (AvgIpc) is 2.75. The molecule has 0 fully saturated rings. The highest BCUT2D eigenvalue weighted by atomic mass is 16.4. The van der Waals surface area contributed by atoms with E-state index in [9.17, 15) is 20.4 Å². The van der Waals surface area contributed by atoms with Crippen molar-refractivity contribution in [2.75, 3.05) is 0 Å². The van der Waals surface area contributed by atoms with Gasteiger partial charge in [0.15, 0.2) is 0 Å². The molecule has 2 aromatic rings. The Hall–Kier alpha value is -1.72. The molecule has 4 N–H and O–H groups in total. The number of fused-ring (bicyclic) bond motifs is 3. The van der Waals surface area contributed by atoms with Crippen molar-refractivity contribution in [1.82, 2.24) is 0 Å². The zero-order valence-corrected chi connectivity index (χ0v) is 10.6. The lowest BCUT2D eigenvalue weighted by atomic mass is 9.73. The van der Waals surface area contributed by atoms with Gasteiger partial charge < -0.3 is 20.4 Å². The Labute approximate surface area is 115 Å². The number of aliphatic hydroxyl groups is 4. The van der Waals surface area contributed by atoms with Crippen LogP contribution in [-0.2, 0) is 5.60 Å². The third kappa shape index (κ3) is 1.16. The summed E-state index contributed by atoms with van der Waals surface area (Å²) in [4.78, 5) is 0. The molecular weight excluding hydrogens is 256 g/mol. The van der Waals surface area contributed by atoms with Crippen LogP contribution in [0.15, 0.2) is 42.5 Å². The Balaban J connectivity index is 2.15. The van der Waals surface area contributed by atoms with Crippen LogP contribution in [0.4, 0.5) is 0 Å². The standard InChI is InChI=1S/C16H14O4/c17-13-10-6-3-5-9-8-4-1-2-7-11(8)16(20,12(9)10)15(19)14(13)18/h1-7,13-15,17-20H/t13-,14+,15+,16+/m1/s1. The van der Waals surface area contributed by atoms with Crippen LogP contribution in [0.2, 0.25) is 0 Å². The minimum Gasteiger partial charge on any atom is -0.387 e. The Bertz CT molecular complexity index is 711. The van der Waals surface area contributed by atoms with E-state index in [1.54, 1.807) is 24.3 Å². The first-order chi connectivity index (χ1) is 9.56. The second kappa shape index (κ2) is 3.68. The predicted molar refractivity (Wildman–Crippen MR) is 71.9 cm³/mol. The van der Waals surface area contributed by atoms with Gasteiger partial charge in [0.1, 0.15) is 23.9 Å². The molecule has 0 aromatic heterocycles. The highest BCUT2D eigenvalue weighted by Gasteiger charge is 2.56. The minimum absolute atomic E-state index is 0.471. The molecule has 0 heterocycles. The molecule has 0 spiro atoms. The van der Waals surface area contributed by atoms with E-state index in [4.69, 9.17) is 0 Å². The zero-order chi connectivity index (χ0) is 14.1. The largest absolute Gasteiger partial charge is 0.387 e. The first-order valence-electron chi connectivity index (χ1n) is 6.56. The second-order valence-electron chi connectivity index (χ2n) is 5.46. The lowest BCUT2D eigenvalue weighted by Crippen LogP contribution is -2.52. The molecule has 0 amide bonds. The van der Waals surface area contributed by atoms with Crippen LogP contribution < -0.4 is 0 Å². The molecule has 2 aliphatic rings. The molecule has 0 unspecified atom stereocenters. The highest BCUT2D eigenvalue weighted by Crippen LogP contribution is 2.55. The van der Waals surface area contributed by atoms with Crippen molar-refractivity contribution < 1.29 is 20.4 Å². The summed E-state index contributed by atoms with van der Waals surface area (Å²) in [6.45, 7) is 0. The Kier molecular flexibility index (Phi) is 2.22. The van der Waals surface area contributed by atoms with Crippen LogP contribution in [0.3, 0.4) is 0 Å². The van der Waals surface area contributed by atoms with Crippen LogP contribution in [0, 0.1) is 0 Å². The number of benzene rings is 2. The molecule has 2 aromatic carbocycles. The fourth-order valence-corrected chi connectivity index (χ4v) is 3.56. The maximum absolute atomic E-state index is 11.1. The topological polar surface area (TPSA) is 80.9 Å². The Morgan fingerprint density at radius 2 is 1.55 bits per heavy atom. The molecule has 4 heteroatoms. The molecule has 0 saturated heterocycles. The van der Waals surface area contributed by atoms with E-state index in [0.717, 1.165) is 11.1 Å². The van der Waals surface area contributed by atoms with Crippen molar-refractivity contribution in [3.05, 3.63) is 59.2 Å². The molecule has 2 aliphatic carbocycles. The molecular formula is C16H14O4. The van der Waals surface area contributed by atoms with Crippen LogP contribution in [0.5, 0.6) is 0 Å². The summed E-state index contributed by atoms with van der Waals surface area (Å²) in [5.74, 6) is 0. The fraction of sp³-hybridized carbons (Fsp3) is 0.250. The second-order valence-corrected chi connectivity index (χ2v) is 5.46. The van der Waals surface area contributed by atoms with Crippen LogP contribution >= 0.6 is 0 Å². The van der Waals surface area contributed by atoms with E-state index >= 15 is 0 Å². The molecule has 0 saturated carbocycles. The number of hydrogen-bond acceptors (Lipinski definition) is 4. The SMILES string of the molecule is O[C@H]1[C@H](O)c2cccc3c2[C@@](O)(c2ccccc2-3)[C@H]1O. The van der Waals surface area contributed by atoms with Crippen LogP contribution in [-0.4, -0.2) is 32.6 Å². The van der Waals surface area contributed by atoms with Gasteiger partial charge in [-0.15, -0.1) is 0 Å². The van der Waals surface area contributed by atoms with E-state index in [-0.39, 0.29) is 0 Å². The molecule has 4 rings (SSSR count). The summed E-state index contributed by atoms with van der Waals surface area (Å²) in [7, 11) is 0. The summed E-state index contributed by atoms with van der Waals surface area (Å²) in [5, 5.41) is 41.6. The number of rotatable bonds is 0. The monoisotopic (exact) mass is 270 g/mol. The predicted octanol–water partition coefficient (Wildman–Crippen LogP) is 0.672. The maximum atomic E-state index is 11.1. The van der Waals surface area contributed by atoms with Crippen molar-refractivity contribution in [2.24, 2.45) is 0 Å². The van der Waals surface area contributed by atoms with E-state index < -0.39 is 23.9 Å². The summed E-state index contributed by atoms with van der Waals surface area (Å²) in [6, 6.07) is 12.6. The quantitative estimate of drug-likeness (QED) is 0.567. The van der Waals surface area contributed by atoms with Gasteiger partial charge in [0.25, 0.3) is 0 Å². The van der Waals surface area contributed by atoms with Gasteiger partial charge in [-0.3, -0.25) is 0 Å². The summed E-state index contributed by atoms with van der Waals surface area (Å²) in [5.41, 5.74) is 1.51. The van der Waals surface area contributed by atoms with E-state index in [1.807, 2.05) is 18.2 Å². The summed E-state index contributed by atoms with van der Waals surface area (Å²) < 4.78 is 0. The van der Waals surface area contributed by atoms with E-state index in [1.165, 1.54) is 0 Å². The van der Waals surface area contributed by atoms with Crippen LogP contribution in [0.1, 0.15) is 22.8 Å².